The van der Waals surface area contributed by atoms with E-state index >= 15 is 0 Å². The zero-order valence-corrected chi connectivity index (χ0v) is 21.5. The molecule has 0 fully saturated rings. The van der Waals surface area contributed by atoms with Gasteiger partial charge in [0.1, 0.15) is 0 Å². The van der Waals surface area contributed by atoms with E-state index in [4.69, 9.17) is 0 Å². The van der Waals surface area contributed by atoms with Gasteiger partial charge in [0, 0.05) is 24.8 Å². The van der Waals surface area contributed by atoms with Crippen molar-refractivity contribution >= 4 is 39.8 Å². The van der Waals surface area contributed by atoms with Gasteiger partial charge >= 0.3 is 0 Å². The first-order valence-electron chi connectivity index (χ1n) is 10.2. The van der Waals surface area contributed by atoms with Gasteiger partial charge in [-0.2, -0.15) is 0 Å². The summed E-state index contributed by atoms with van der Waals surface area (Å²) in [6.07, 6.45) is 3.29. The van der Waals surface area contributed by atoms with Crippen LogP contribution in [0.1, 0.15) is 44.7 Å². The molecule has 30 heavy (non-hydrogen) atoms. The molecule has 2 aromatic rings. The van der Waals surface area contributed by atoms with Crippen LogP contribution < -0.4 is 10.6 Å². The Morgan fingerprint density at radius 1 is 0.933 bits per heavy atom. The van der Waals surface area contributed by atoms with Crippen molar-refractivity contribution < 1.29 is 8.42 Å². The lowest BCUT2D eigenvalue weighted by molar-refractivity contribution is 0.389. The van der Waals surface area contributed by atoms with E-state index in [1.807, 2.05) is 25.1 Å². The first kappa shape index (κ1) is 26.4. The molecule has 2 rings (SSSR count). The summed E-state index contributed by atoms with van der Waals surface area (Å²) in [5.41, 5.74) is 2.36. The van der Waals surface area contributed by atoms with Gasteiger partial charge < -0.3 is 10.6 Å². The summed E-state index contributed by atoms with van der Waals surface area (Å²) >= 11 is 0. The van der Waals surface area contributed by atoms with E-state index in [2.05, 4.69) is 53.7 Å². The normalized spacial score (nSPS) is 12.2. The van der Waals surface area contributed by atoms with Gasteiger partial charge in [-0.25, -0.2) is 13.4 Å². The van der Waals surface area contributed by atoms with E-state index < -0.39 is 9.84 Å². The quantitative estimate of drug-likeness (QED) is 0.277. The minimum atomic E-state index is -3.18. The highest BCUT2D eigenvalue weighted by Gasteiger charge is 2.28. The Morgan fingerprint density at radius 2 is 1.53 bits per heavy atom. The Kier molecular flexibility index (Phi) is 10.8. The van der Waals surface area contributed by atoms with E-state index in [9.17, 15) is 8.42 Å². The lowest BCUT2D eigenvalue weighted by Gasteiger charge is -2.33. The SMILES string of the molecule is CCNC(=NCc1ccc(S(C)(=O)=O)cc1)NCC(CC)(CC)c1ccccc1.I. The van der Waals surface area contributed by atoms with Crippen LogP contribution in [0.25, 0.3) is 0 Å². The number of nitrogens with zero attached hydrogens (tertiary/aromatic N) is 1. The lowest BCUT2D eigenvalue weighted by atomic mass is 9.76. The molecule has 0 aliphatic rings. The lowest BCUT2D eigenvalue weighted by Crippen LogP contribution is -2.45. The van der Waals surface area contributed by atoms with Crippen molar-refractivity contribution in [2.45, 2.75) is 50.5 Å². The molecule has 0 spiro atoms. The summed E-state index contributed by atoms with van der Waals surface area (Å²) in [5, 5.41) is 6.81. The summed E-state index contributed by atoms with van der Waals surface area (Å²) in [7, 11) is -3.18. The molecule has 5 nitrogen and oxygen atoms in total. The predicted molar refractivity (Wildman–Crippen MR) is 136 cm³/mol. The van der Waals surface area contributed by atoms with Crippen molar-refractivity contribution in [2.75, 3.05) is 19.3 Å². The number of halogens is 1. The highest BCUT2D eigenvalue weighted by atomic mass is 127. The van der Waals surface area contributed by atoms with Gasteiger partial charge in [0.15, 0.2) is 15.8 Å². The second kappa shape index (κ2) is 12.3. The van der Waals surface area contributed by atoms with Crippen molar-refractivity contribution in [3.63, 3.8) is 0 Å². The fraction of sp³-hybridized carbons (Fsp3) is 0.435. The van der Waals surface area contributed by atoms with Crippen molar-refractivity contribution in [1.29, 1.82) is 0 Å². The number of hydrogen-bond donors (Lipinski definition) is 2. The maximum absolute atomic E-state index is 11.6. The molecule has 2 N–H and O–H groups in total. The Hall–Kier alpha value is -1.61. The van der Waals surface area contributed by atoms with Crippen LogP contribution in [0.2, 0.25) is 0 Å². The van der Waals surface area contributed by atoms with E-state index in [1.165, 1.54) is 11.8 Å². The monoisotopic (exact) mass is 543 g/mol. The molecule has 0 amide bonds. The number of rotatable bonds is 9. The molecule has 7 heteroatoms. The Bertz CT molecular complexity index is 894. The van der Waals surface area contributed by atoms with E-state index in [-0.39, 0.29) is 29.4 Å². The summed E-state index contributed by atoms with van der Waals surface area (Å²) in [5.74, 6) is 0.766. The average molecular weight is 544 g/mol. The topological polar surface area (TPSA) is 70.6 Å². The van der Waals surface area contributed by atoms with Crippen LogP contribution in [0.15, 0.2) is 64.5 Å². The Labute approximate surface area is 198 Å². The second-order valence-corrected chi connectivity index (χ2v) is 9.33. The first-order chi connectivity index (χ1) is 13.8. The smallest absolute Gasteiger partial charge is 0.191 e. The number of nitrogens with one attached hydrogen (secondary N) is 2. The van der Waals surface area contributed by atoms with Crippen LogP contribution in [0.5, 0.6) is 0 Å². The van der Waals surface area contributed by atoms with Crippen molar-refractivity contribution in [2.24, 2.45) is 4.99 Å². The first-order valence-corrected chi connectivity index (χ1v) is 12.1. The minimum Gasteiger partial charge on any atom is -0.357 e. The number of sulfone groups is 1. The number of benzene rings is 2. The number of hydrogen-bond acceptors (Lipinski definition) is 3. The third kappa shape index (κ3) is 7.27. The molecule has 0 saturated carbocycles. The summed E-state index contributed by atoms with van der Waals surface area (Å²) < 4.78 is 23.2. The standard InChI is InChI=1S/C23H33N3O2S.HI/c1-5-23(6-2,20-11-9-8-10-12-20)18-26-22(24-7-3)25-17-19-13-15-21(16-14-19)29(4,27)28;/h8-16H,5-7,17-18H2,1-4H3,(H2,24,25,26);1H. The van der Waals surface area contributed by atoms with Gasteiger partial charge in [0.25, 0.3) is 0 Å². The Balaban J connectivity index is 0.00000450. The minimum absolute atomic E-state index is 0. The molecular weight excluding hydrogens is 509 g/mol. The van der Waals surface area contributed by atoms with E-state index in [0.717, 1.165) is 37.5 Å². The molecule has 0 aliphatic carbocycles. The van der Waals surface area contributed by atoms with Crippen molar-refractivity contribution in [3.8, 4) is 0 Å². The third-order valence-corrected chi connectivity index (χ3v) is 6.58. The molecule has 0 aromatic heterocycles. The predicted octanol–water partition coefficient (Wildman–Crippen LogP) is 4.52. The summed E-state index contributed by atoms with van der Waals surface area (Å²) in [6, 6.07) is 17.5. The summed E-state index contributed by atoms with van der Waals surface area (Å²) in [6.45, 7) is 8.55. The molecule has 0 atom stereocenters. The van der Waals surface area contributed by atoms with Crippen LogP contribution in [-0.2, 0) is 21.8 Å². The van der Waals surface area contributed by atoms with Crippen molar-refractivity contribution in [3.05, 3.63) is 65.7 Å². The van der Waals surface area contributed by atoms with Gasteiger partial charge in [0.05, 0.1) is 11.4 Å². The molecule has 0 radical (unpaired) electrons. The van der Waals surface area contributed by atoms with Gasteiger partial charge in [-0.1, -0.05) is 56.3 Å². The van der Waals surface area contributed by atoms with Gasteiger partial charge in [-0.15, -0.1) is 24.0 Å². The molecule has 2 aromatic carbocycles. The molecule has 166 valence electrons. The highest BCUT2D eigenvalue weighted by molar-refractivity contribution is 14.0. The van der Waals surface area contributed by atoms with Crippen LogP contribution in [0.3, 0.4) is 0 Å². The van der Waals surface area contributed by atoms with Crippen LogP contribution in [0.4, 0.5) is 0 Å². The molecule has 0 unspecified atom stereocenters. The number of guanidine groups is 1. The van der Waals surface area contributed by atoms with Crippen molar-refractivity contribution in [1.82, 2.24) is 10.6 Å². The second-order valence-electron chi connectivity index (χ2n) is 7.32. The van der Waals surface area contributed by atoms with Gasteiger partial charge in [0.2, 0.25) is 0 Å². The molecular formula is C23H34IN3O2S. The van der Waals surface area contributed by atoms with E-state index in [1.54, 1.807) is 12.1 Å². The zero-order valence-electron chi connectivity index (χ0n) is 18.3. The number of aliphatic imine (C=N–C) groups is 1. The van der Waals surface area contributed by atoms with Crippen LogP contribution >= 0.6 is 24.0 Å². The zero-order chi connectivity index (χ0) is 21.3. The van der Waals surface area contributed by atoms with Crippen LogP contribution in [0, 0.1) is 0 Å². The molecule has 0 heterocycles. The molecule has 0 saturated heterocycles. The third-order valence-electron chi connectivity index (χ3n) is 5.45. The molecule has 0 aliphatic heterocycles. The highest BCUT2D eigenvalue weighted by Crippen LogP contribution is 2.30. The van der Waals surface area contributed by atoms with Gasteiger partial charge in [-0.05, 0) is 43.0 Å². The summed E-state index contributed by atoms with van der Waals surface area (Å²) in [4.78, 5) is 5.01. The van der Waals surface area contributed by atoms with Crippen LogP contribution in [-0.4, -0.2) is 33.7 Å². The fourth-order valence-corrected chi connectivity index (χ4v) is 4.04. The average Bonchev–Trinajstić information content (AvgIpc) is 2.73. The van der Waals surface area contributed by atoms with Gasteiger partial charge in [-0.3, -0.25) is 0 Å². The fourth-order valence-electron chi connectivity index (χ4n) is 3.41. The van der Waals surface area contributed by atoms with E-state index in [0.29, 0.717) is 11.4 Å². The largest absolute Gasteiger partial charge is 0.357 e. The Morgan fingerprint density at radius 3 is 2.03 bits per heavy atom. The maximum atomic E-state index is 11.6. The molecule has 0 bridgehead atoms. The maximum Gasteiger partial charge on any atom is 0.191 e.